The van der Waals surface area contributed by atoms with Crippen LogP contribution in [-0.2, 0) is 0 Å². The molecule has 3 nitrogen and oxygen atoms in total. The fourth-order valence-corrected chi connectivity index (χ4v) is 3.36. The fraction of sp³-hybridized carbons (Fsp3) is 1.00. The maximum atomic E-state index is 6.40. The second-order valence-corrected chi connectivity index (χ2v) is 6.77. The van der Waals surface area contributed by atoms with Crippen molar-refractivity contribution in [3.63, 3.8) is 0 Å². The molecule has 0 aromatic rings. The van der Waals surface area contributed by atoms with E-state index < -0.39 is 0 Å². The van der Waals surface area contributed by atoms with Gasteiger partial charge < -0.3 is 15.5 Å². The van der Waals surface area contributed by atoms with Crippen LogP contribution >= 0.6 is 0 Å². The Morgan fingerprint density at radius 3 is 2.59 bits per heavy atom. The number of rotatable bonds is 2. The smallest absolute Gasteiger partial charge is 0.0131 e. The van der Waals surface area contributed by atoms with Crippen molar-refractivity contribution in [2.75, 3.05) is 39.8 Å². The number of hydrogen-bond donors (Lipinski definition) is 1. The van der Waals surface area contributed by atoms with Crippen molar-refractivity contribution in [3.05, 3.63) is 0 Å². The third-order valence-electron chi connectivity index (χ3n) is 4.87. The Kier molecular flexibility index (Phi) is 4.11. The van der Waals surface area contributed by atoms with Crippen LogP contribution in [0.25, 0.3) is 0 Å². The van der Waals surface area contributed by atoms with Crippen LogP contribution in [0.1, 0.15) is 33.1 Å². The molecule has 2 atom stereocenters. The Bertz CT molecular complexity index is 252. The second kappa shape index (κ2) is 5.25. The molecular formula is C14H29N3. The van der Waals surface area contributed by atoms with E-state index >= 15 is 0 Å². The minimum atomic E-state index is 0.354. The van der Waals surface area contributed by atoms with Gasteiger partial charge in [-0.15, -0.1) is 0 Å². The minimum absolute atomic E-state index is 0.354. The number of likely N-dealkylation sites (N-methyl/N-ethyl adjacent to an activating group) is 1. The molecule has 1 aliphatic carbocycles. The van der Waals surface area contributed by atoms with Crippen LogP contribution in [0.2, 0.25) is 0 Å². The molecule has 1 aliphatic heterocycles. The molecule has 100 valence electrons. The Morgan fingerprint density at radius 2 is 1.94 bits per heavy atom. The maximum Gasteiger partial charge on any atom is 0.0131 e. The van der Waals surface area contributed by atoms with Gasteiger partial charge in [-0.2, -0.15) is 0 Å². The van der Waals surface area contributed by atoms with Crippen LogP contribution in [0, 0.1) is 11.3 Å². The summed E-state index contributed by atoms with van der Waals surface area (Å²) in [5, 5.41) is 0. The van der Waals surface area contributed by atoms with E-state index in [-0.39, 0.29) is 0 Å². The third kappa shape index (κ3) is 3.21. The Labute approximate surface area is 106 Å². The molecule has 2 rings (SSSR count). The van der Waals surface area contributed by atoms with E-state index in [1.165, 1.54) is 52.0 Å². The third-order valence-corrected chi connectivity index (χ3v) is 4.87. The first-order valence-electron chi connectivity index (χ1n) is 7.15. The van der Waals surface area contributed by atoms with Crippen LogP contribution < -0.4 is 5.73 Å². The van der Waals surface area contributed by atoms with E-state index in [0.717, 1.165) is 0 Å². The van der Waals surface area contributed by atoms with Gasteiger partial charge in [-0.1, -0.05) is 13.8 Å². The van der Waals surface area contributed by atoms with E-state index in [2.05, 4.69) is 30.7 Å². The van der Waals surface area contributed by atoms with Crippen LogP contribution in [0.3, 0.4) is 0 Å². The predicted octanol–water partition coefficient (Wildman–Crippen LogP) is 1.39. The van der Waals surface area contributed by atoms with Crippen molar-refractivity contribution >= 4 is 0 Å². The van der Waals surface area contributed by atoms with Gasteiger partial charge in [0.05, 0.1) is 0 Å². The summed E-state index contributed by atoms with van der Waals surface area (Å²) in [4.78, 5) is 5.08. The second-order valence-electron chi connectivity index (χ2n) is 6.77. The van der Waals surface area contributed by atoms with E-state index in [0.29, 0.717) is 17.4 Å². The molecule has 0 radical (unpaired) electrons. The van der Waals surface area contributed by atoms with E-state index in [1.54, 1.807) is 0 Å². The maximum absolute atomic E-state index is 6.40. The number of nitrogens with two attached hydrogens (primary N) is 1. The summed E-state index contributed by atoms with van der Waals surface area (Å²) in [6.07, 6.45) is 3.93. The molecule has 1 saturated heterocycles. The van der Waals surface area contributed by atoms with Gasteiger partial charge in [-0.3, -0.25) is 0 Å². The average molecular weight is 239 g/mol. The summed E-state index contributed by atoms with van der Waals surface area (Å²) in [7, 11) is 2.23. The summed E-state index contributed by atoms with van der Waals surface area (Å²) >= 11 is 0. The van der Waals surface area contributed by atoms with Gasteiger partial charge in [0.1, 0.15) is 0 Å². The van der Waals surface area contributed by atoms with Gasteiger partial charge in [-0.05, 0) is 50.7 Å². The van der Waals surface area contributed by atoms with Gasteiger partial charge >= 0.3 is 0 Å². The molecule has 0 spiro atoms. The first kappa shape index (κ1) is 13.3. The molecule has 1 heterocycles. The lowest BCUT2D eigenvalue weighted by molar-refractivity contribution is 0.208. The normalized spacial score (nSPS) is 36.0. The summed E-state index contributed by atoms with van der Waals surface area (Å²) in [5.41, 5.74) is 6.76. The van der Waals surface area contributed by atoms with E-state index in [9.17, 15) is 0 Å². The van der Waals surface area contributed by atoms with Crippen molar-refractivity contribution in [2.45, 2.75) is 39.2 Å². The molecule has 1 saturated carbocycles. The van der Waals surface area contributed by atoms with Crippen molar-refractivity contribution in [1.29, 1.82) is 0 Å². The van der Waals surface area contributed by atoms with Crippen molar-refractivity contribution in [2.24, 2.45) is 17.1 Å². The zero-order valence-electron chi connectivity index (χ0n) is 11.8. The lowest BCUT2D eigenvalue weighted by atomic mass is 9.85. The first-order chi connectivity index (χ1) is 7.99. The van der Waals surface area contributed by atoms with Crippen LogP contribution in [0.4, 0.5) is 0 Å². The standard InChI is InChI=1S/C14H29N3/c1-14(2)6-5-12(13(14)15)11-17-8-4-7-16(3)9-10-17/h12-13H,4-11,15H2,1-3H3. The molecule has 0 aromatic carbocycles. The molecule has 3 heteroatoms. The van der Waals surface area contributed by atoms with Gasteiger partial charge in [0.2, 0.25) is 0 Å². The lowest BCUT2D eigenvalue weighted by Gasteiger charge is -2.30. The Morgan fingerprint density at radius 1 is 1.18 bits per heavy atom. The quantitative estimate of drug-likeness (QED) is 0.790. The summed E-state index contributed by atoms with van der Waals surface area (Å²) in [5.74, 6) is 0.716. The summed E-state index contributed by atoms with van der Waals surface area (Å²) in [6.45, 7) is 10.8. The van der Waals surface area contributed by atoms with Crippen molar-refractivity contribution < 1.29 is 0 Å². The largest absolute Gasteiger partial charge is 0.327 e. The van der Waals surface area contributed by atoms with Gasteiger partial charge in [-0.25, -0.2) is 0 Å². The molecule has 2 aliphatic rings. The molecule has 2 N–H and O–H groups in total. The molecule has 0 aromatic heterocycles. The van der Waals surface area contributed by atoms with Gasteiger partial charge in [0, 0.05) is 25.7 Å². The van der Waals surface area contributed by atoms with E-state index in [1.807, 2.05) is 0 Å². The van der Waals surface area contributed by atoms with Gasteiger partial charge in [0.15, 0.2) is 0 Å². The molecule has 2 fully saturated rings. The van der Waals surface area contributed by atoms with Crippen LogP contribution in [-0.4, -0.2) is 55.6 Å². The Balaban J connectivity index is 1.85. The fourth-order valence-electron chi connectivity index (χ4n) is 3.36. The molecule has 0 amide bonds. The zero-order valence-corrected chi connectivity index (χ0v) is 11.8. The number of hydrogen-bond acceptors (Lipinski definition) is 3. The first-order valence-corrected chi connectivity index (χ1v) is 7.15. The molecule has 0 bridgehead atoms. The van der Waals surface area contributed by atoms with Crippen LogP contribution in [0.5, 0.6) is 0 Å². The average Bonchev–Trinajstić information content (AvgIpc) is 2.44. The summed E-state index contributed by atoms with van der Waals surface area (Å²) < 4.78 is 0. The zero-order chi connectivity index (χ0) is 12.5. The Hall–Kier alpha value is -0.120. The highest BCUT2D eigenvalue weighted by Gasteiger charge is 2.39. The predicted molar refractivity (Wildman–Crippen MR) is 73.0 cm³/mol. The highest BCUT2D eigenvalue weighted by Crippen LogP contribution is 2.40. The summed E-state index contributed by atoms with van der Waals surface area (Å²) in [6, 6.07) is 0.392. The highest BCUT2D eigenvalue weighted by atomic mass is 15.2. The van der Waals surface area contributed by atoms with Crippen molar-refractivity contribution in [3.8, 4) is 0 Å². The SMILES string of the molecule is CN1CCCN(CC2CCC(C)(C)C2N)CC1. The van der Waals surface area contributed by atoms with E-state index in [4.69, 9.17) is 5.73 Å². The van der Waals surface area contributed by atoms with Crippen molar-refractivity contribution in [1.82, 2.24) is 9.80 Å². The monoisotopic (exact) mass is 239 g/mol. The molecule has 2 unspecified atom stereocenters. The molecule has 17 heavy (non-hydrogen) atoms. The highest BCUT2D eigenvalue weighted by molar-refractivity contribution is 4.95. The minimum Gasteiger partial charge on any atom is -0.327 e. The van der Waals surface area contributed by atoms with Gasteiger partial charge in [0.25, 0.3) is 0 Å². The topological polar surface area (TPSA) is 32.5 Å². The number of nitrogens with zero attached hydrogens (tertiary/aromatic N) is 2. The lowest BCUT2D eigenvalue weighted by Crippen LogP contribution is -2.43. The molecular weight excluding hydrogens is 210 g/mol. The van der Waals surface area contributed by atoms with Crippen LogP contribution in [0.15, 0.2) is 0 Å².